The monoisotopic (exact) mass is 414 g/mol. The summed E-state index contributed by atoms with van der Waals surface area (Å²) in [6.45, 7) is 0. The Morgan fingerprint density at radius 3 is 2.59 bits per heavy atom. The third-order valence-corrected chi connectivity index (χ3v) is 5.39. The molecule has 0 bridgehead atoms. The predicted molar refractivity (Wildman–Crippen MR) is 111 cm³/mol. The van der Waals surface area contributed by atoms with E-state index in [9.17, 15) is 4.79 Å². The van der Waals surface area contributed by atoms with Crippen molar-refractivity contribution in [1.29, 1.82) is 0 Å². The van der Waals surface area contributed by atoms with Crippen LogP contribution in [0.15, 0.2) is 75.0 Å². The number of thioether (sulfide) groups is 1. The van der Waals surface area contributed by atoms with Crippen LogP contribution >= 0.6 is 35.0 Å². The molecule has 0 unspecified atom stereocenters. The predicted octanol–water partition coefficient (Wildman–Crippen LogP) is 6.15. The van der Waals surface area contributed by atoms with Crippen LogP contribution in [0.2, 0.25) is 10.0 Å². The van der Waals surface area contributed by atoms with Crippen molar-refractivity contribution in [3.63, 3.8) is 0 Å². The standard InChI is InChI=1S/C20H12Cl2N2O2S/c21-15-8-6-12(10-16(15)22)17-9-7-14(26-17)11-18-19(25)24-20(27-18)23-13-4-2-1-3-5-13/h1-11H,(H,23,24,25). The Balaban J connectivity index is 1.55. The van der Waals surface area contributed by atoms with Crippen molar-refractivity contribution >= 4 is 57.8 Å². The molecule has 4 rings (SSSR count). The van der Waals surface area contributed by atoms with Crippen molar-refractivity contribution in [3.8, 4) is 11.3 Å². The molecule has 1 saturated heterocycles. The highest BCUT2D eigenvalue weighted by atomic mass is 35.5. The number of carbonyl (C=O) groups excluding carboxylic acids is 1. The summed E-state index contributed by atoms with van der Waals surface area (Å²) >= 11 is 13.3. The molecule has 7 heteroatoms. The SMILES string of the molecule is O=C1NC(=Nc2ccccc2)SC1=Cc1ccc(-c2ccc(Cl)c(Cl)c2)o1. The van der Waals surface area contributed by atoms with Gasteiger partial charge in [-0.05, 0) is 54.2 Å². The Hall–Kier alpha value is -2.47. The molecule has 2 heterocycles. The number of para-hydroxylation sites is 1. The highest BCUT2D eigenvalue weighted by Gasteiger charge is 2.24. The fourth-order valence-electron chi connectivity index (χ4n) is 2.46. The summed E-state index contributed by atoms with van der Waals surface area (Å²) in [5.74, 6) is 0.999. The molecule has 0 saturated carbocycles. The number of aliphatic imine (C=N–C) groups is 1. The molecule has 3 aromatic rings. The number of hydrogen-bond acceptors (Lipinski definition) is 4. The summed E-state index contributed by atoms with van der Waals surface area (Å²) in [6, 6.07) is 18.3. The largest absolute Gasteiger partial charge is 0.457 e. The van der Waals surface area contributed by atoms with Crippen LogP contribution in [0.5, 0.6) is 0 Å². The van der Waals surface area contributed by atoms with Crippen molar-refractivity contribution in [2.75, 3.05) is 0 Å². The summed E-state index contributed by atoms with van der Waals surface area (Å²) in [7, 11) is 0. The number of nitrogens with one attached hydrogen (secondary N) is 1. The van der Waals surface area contributed by atoms with Crippen molar-refractivity contribution in [3.05, 3.63) is 81.4 Å². The molecule has 27 heavy (non-hydrogen) atoms. The van der Waals surface area contributed by atoms with Gasteiger partial charge < -0.3 is 9.73 Å². The summed E-state index contributed by atoms with van der Waals surface area (Å²) < 4.78 is 5.82. The van der Waals surface area contributed by atoms with Crippen LogP contribution in [-0.4, -0.2) is 11.1 Å². The summed E-state index contributed by atoms with van der Waals surface area (Å²) in [6.07, 6.45) is 1.69. The first-order valence-corrected chi connectivity index (χ1v) is 9.55. The third-order valence-electron chi connectivity index (χ3n) is 3.74. The molecule has 1 N–H and O–H groups in total. The van der Waals surface area contributed by atoms with Gasteiger partial charge in [-0.2, -0.15) is 0 Å². The zero-order valence-corrected chi connectivity index (χ0v) is 16.1. The maximum atomic E-state index is 12.2. The topological polar surface area (TPSA) is 54.6 Å². The summed E-state index contributed by atoms with van der Waals surface area (Å²) in [4.78, 5) is 17.1. The molecule has 0 radical (unpaired) electrons. The lowest BCUT2D eigenvalue weighted by Crippen LogP contribution is -2.19. The highest BCUT2D eigenvalue weighted by molar-refractivity contribution is 8.18. The van der Waals surface area contributed by atoms with Crippen molar-refractivity contribution in [2.45, 2.75) is 0 Å². The molecule has 1 aliphatic rings. The Morgan fingerprint density at radius 2 is 1.81 bits per heavy atom. The van der Waals surface area contributed by atoms with Crippen LogP contribution in [-0.2, 0) is 4.79 Å². The number of hydrogen-bond donors (Lipinski definition) is 1. The quantitative estimate of drug-likeness (QED) is 0.523. The van der Waals surface area contributed by atoms with E-state index >= 15 is 0 Å². The minimum atomic E-state index is -0.206. The first kappa shape index (κ1) is 17.9. The molecule has 0 spiro atoms. The highest BCUT2D eigenvalue weighted by Crippen LogP contribution is 2.32. The van der Waals surface area contributed by atoms with Gasteiger partial charge in [0, 0.05) is 11.6 Å². The van der Waals surface area contributed by atoms with Gasteiger partial charge in [-0.1, -0.05) is 41.4 Å². The Labute approximate surface area is 169 Å². The van der Waals surface area contributed by atoms with Gasteiger partial charge in [0.05, 0.1) is 20.6 Å². The van der Waals surface area contributed by atoms with E-state index in [0.29, 0.717) is 31.6 Å². The van der Waals surface area contributed by atoms with Gasteiger partial charge in [0.1, 0.15) is 11.5 Å². The number of amides is 1. The number of rotatable bonds is 3. The van der Waals surface area contributed by atoms with Crippen LogP contribution in [0.25, 0.3) is 17.4 Å². The van der Waals surface area contributed by atoms with Crippen LogP contribution in [0.4, 0.5) is 5.69 Å². The van der Waals surface area contributed by atoms with Crippen LogP contribution < -0.4 is 5.32 Å². The molecule has 0 atom stereocenters. The number of furan rings is 1. The zero-order chi connectivity index (χ0) is 18.8. The van der Waals surface area contributed by atoms with E-state index in [1.165, 1.54) is 11.8 Å². The summed E-state index contributed by atoms with van der Waals surface area (Å²) in [5.41, 5.74) is 1.59. The van der Waals surface area contributed by atoms with Crippen molar-refractivity contribution < 1.29 is 9.21 Å². The molecular formula is C20H12Cl2N2O2S. The molecule has 1 amide bonds. The van der Waals surface area contributed by atoms with Gasteiger partial charge in [0.15, 0.2) is 5.17 Å². The second-order valence-corrected chi connectivity index (χ2v) is 7.49. The Bertz CT molecular complexity index is 1070. The van der Waals surface area contributed by atoms with Gasteiger partial charge in [-0.15, -0.1) is 0 Å². The minimum Gasteiger partial charge on any atom is -0.457 e. The van der Waals surface area contributed by atoms with E-state index in [4.69, 9.17) is 27.6 Å². The van der Waals surface area contributed by atoms with Gasteiger partial charge in [-0.3, -0.25) is 4.79 Å². The fraction of sp³-hybridized carbons (Fsp3) is 0. The average Bonchev–Trinajstić information content (AvgIpc) is 3.26. The van der Waals surface area contributed by atoms with Gasteiger partial charge in [0.25, 0.3) is 5.91 Å². The molecule has 2 aromatic carbocycles. The van der Waals surface area contributed by atoms with E-state index < -0.39 is 0 Å². The third kappa shape index (κ3) is 4.11. The minimum absolute atomic E-state index is 0.206. The Kier molecular flexibility index (Phi) is 5.07. The number of nitrogens with zero attached hydrogens (tertiary/aromatic N) is 1. The normalized spacial score (nSPS) is 16.9. The molecule has 1 fully saturated rings. The van der Waals surface area contributed by atoms with E-state index in [2.05, 4.69) is 10.3 Å². The maximum Gasteiger partial charge on any atom is 0.264 e. The second-order valence-electron chi connectivity index (χ2n) is 5.65. The van der Waals surface area contributed by atoms with Gasteiger partial charge in [0.2, 0.25) is 0 Å². The zero-order valence-electron chi connectivity index (χ0n) is 13.8. The average molecular weight is 415 g/mol. The van der Waals surface area contributed by atoms with Crippen LogP contribution in [0.3, 0.4) is 0 Å². The lowest BCUT2D eigenvalue weighted by Gasteiger charge is -1.99. The van der Waals surface area contributed by atoms with Crippen molar-refractivity contribution in [1.82, 2.24) is 5.32 Å². The molecule has 4 nitrogen and oxygen atoms in total. The van der Waals surface area contributed by atoms with E-state index in [-0.39, 0.29) is 5.91 Å². The van der Waals surface area contributed by atoms with E-state index in [1.54, 1.807) is 24.3 Å². The smallest absolute Gasteiger partial charge is 0.264 e. The van der Waals surface area contributed by atoms with E-state index in [0.717, 1.165) is 11.3 Å². The molecular weight excluding hydrogens is 403 g/mol. The summed E-state index contributed by atoms with van der Waals surface area (Å²) in [5, 5.41) is 4.23. The number of amidine groups is 1. The molecule has 1 aliphatic heterocycles. The molecule has 134 valence electrons. The van der Waals surface area contributed by atoms with Gasteiger partial charge >= 0.3 is 0 Å². The van der Waals surface area contributed by atoms with Gasteiger partial charge in [-0.25, -0.2) is 4.99 Å². The Morgan fingerprint density at radius 1 is 1.00 bits per heavy atom. The second kappa shape index (κ2) is 7.64. The first-order valence-electron chi connectivity index (χ1n) is 7.98. The number of benzene rings is 2. The molecule has 1 aromatic heterocycles. The maximum absolute atomic E-state index is 12.2. The van der Waals surface area contributed by atoms with Crippen LogP contribution in [0, 0.1) is 0 Å². The van der Waals surface area contributed by atoms with Crippen LogP contribution in [0.1, 0.15) is 5.76 Å². The number of halogens is 2. The number of carbonyl (C=O) groups is 1. The molecule has 0 aliphatic carbocycles. The fourth-order valence-corrected chi connectivity index (χ4v) is 3.58. The first-order chi connectivity index (χ1) is 13.1. The lowest BCUT2D eigenvalue weighted by molar-refractivity contribution is -0.115. The van der Waals surface area contributed by atoms with E-state index in [1.807, 2.05) is 42.5 Å². The van der Waals surface area contributed by atoms with Crippen molar-refractivity contribution in [2.24, 2.45) is 4.99 Å². The lowest BCUT2D eigenvalue weighted by atomic mass is 10.2.